The molecule has 2 fully saturated rings. The molecule has 42 heavy (non-hydrogen) atoms. The first-order valence-electron chi connectivity index (χ1n) is 14.8. The zero-order chi connectivity index (χ0) is 28.8. The van der Waals surface area contributed by atoms with Gasteiger partial charge in [-0.25, -0.2) is 14.6 Å². The highest BCUT2D eigenvalue weighted by Gasteiger charge is 2.30. The van der Waals surface area contributed by atoms with E-state index >= 15 is 0 Å². The summed E-state index contributed by atoms with van der Waals surface area (Å²) in [6.07, 6.45) is 5.99. The highest BCUT2D eigenvalue weighted by Crippen LogP contribution is 2.37. The van der Waals surface area contributed by atoms with E-state index in [1.807, 2.05) is 66.2 Å². The summed E-state index contributed by atoms with van der Waals surface area (Å²) in [5.41, 5.74) is 11.2. The van der Waals surface area contributed by atoms with E-state index in [2.05, 4.69) is 36.8 Å². The second-order valence-corrected chi connectivity index (χ2v) is 11.7. The molecule has 4 heterocycles. The third-order valence-corrected chi connectivity index (χ3v) is 9.19. The van der Waals surface area contributed by atoms with Crippen LogP contribution >= 0.6 is 0 Å². The van der Waals surface area contributed by atoms with Crippen LogP contribution in [-0.2, 0) is 7.05 Å². The molecule has 1 saturated carbocycles. The summed E-state index contributed by atoms with van der Waals surface area (Å²) in [5, 5.41) is 9.95. The van der Waals surface area contributed by atoms with Crippen molar-refractivity contribution in [3.05, 3.63) is 66.6 Å². The number of piperazine rings is 1. The Hall–Kier alpha value is -4.28. The zero-order valence-electron chi connectivity index (χ0n) is 24.2. The fourth-order valence-electron chi connectivity index (χ4n) is 6.72. The van der Waals surface area contributed by atoms with Gasteiger partial charge in [0.2, 0.25) is 0 Å². The number of para-hydroxylation sites is 1. The smallest absolute Gasteiger partial charge is 0.272 e. The van der Waals surface area contributed by atoms with Crippen molar-refractivity contribution in [1.29, 1.82) is 0 Å². The number of anilines is 2. The van der Waals surface area contributed by atoms with Crippen molar-refractivity contribution in [2.24, 2.45) is 7.05 Å². The maximum absolute atomic E-state index is 13.1. The van der Waals surface area contributed by atoms with Crippen molar-refractivity contribution in [3.63, 3.8) is 0 Å². The lowest BCUT2D eigenvalue weighted by Gasteiger charge is -2.41. The maximum atomic E-state index is 13.1. The molecule has 1 aliphatic heterocycles. The van der Waals surface area contributed by atoms with Crippen LogP contribution in [0.15, 0.2) is 60.9 Å². The van der Waals surface area contributed by atoms with Gasteiger partial charge in [0.1, 0.15) is 23.5 Å². The van der Waals surface area contributed by atoms with Crippen molar-refractivity contribution < 1.29 is 4.79 Å². The van der Waals surface area contributed by atoms with Crippen molar-refractivity contribution in [1.82, 2.24) is 34.1 Å². The van der Waals surface area contributed by atoms with Crippen LogP contribution in [0.1, 0.15) is 42.2 Å². The second kappa shape index (κ2) is 10.8. The van der Waals surface area contributed by atoms with Gasteiger partial charge in [-0.1, -0.05) is 30.3 Å². The maximum Gasteiger partial charge on any atom is 0.272 e. The molecular formula is C32H37N9O. The van der Waals surface area contributed by atoms with Crippen molar-refractivity contribution >= 4 is 39.3 Å². The van der Waals surface area contributed by atoms with Crippen LogP contribution in [0.4, 0.5) is 11.5 Å². The molecule has 216 valence electrons. The number of nitrogens with one attached hydrogen (secondary N) is 1. The summed E-state index contributed by atoms with van der Waals surface area (Å²) in [4.78, 5) is 27.1. The first-order valence-corrected chi connectivity index (χ1v) is 14.8. The third kappa shape index (κ3) is 4.80. The summed E-state index contributed by atoms with van der Waals surface area (Å²) >= 11 is 0. The minimum absolute atomic E-state index is 0.152. The zero-order valence-corrected chi connectivity index (χ0v) is 24.2. The summed E-state index contributed by atoms with van der Waals surface area (Å²) in [6.45, 7) is 4.61. The molecule has 5 aromatic rings. The van der Waals surface area contributed by atoms with Crippen molar-refractivity contribution in [2.75, 3.05) is 44.3 Å². The summed E-state index contributed by atoms with van der Waals surface area (Å²) in [7, 11) is 4.12. The van der Waals surface area contributed by atoms with Crippen molar-refractivity contribution in [3.8, 4) is 11.3 Å². The van der Waals surface area contributed by atoms with Gasteiger partial charge in [0, 0.05) is 61.4 Å². The number of carbonyl (C=O) groups excluding carboxylic acids is 1. The Morgan fingerprint density at radius 3 is 2.36 bits per heavy atom. The minimum atomic E-state index is -0.152. The van der Waals surface area contributed by atoms with Crippen LogP contribution in [0.5, 0.6) is 0 Å². The van der Waals surface area contributed by atoms with Gasteiger partial charge in [0.15, 0.2) is 5.65 Å². The standard InChI is InChI=1S/C32H37N9O/c1-38-15-17-40(18-16-38)24-11-13-25(14-12-24)41-31-28(30(33)34-20-35-31)29(37-41)21-7-9-23(10-8-21)36-32(42)27-19-22-5-3-4-6-26(22)39(27)2/h3-10,19-20,24-25H,11-18H2,1-2H3,(H,36,42)(H2,33,34,35)/t24-,25-. The SMILES string of the molecule is CN1CCN([C@H]2CC[C@H](n3nc(-c4ccc(NC(=O)c5cc6ccccc6n5C)cc4)c4c(N)ncnc43)CC2)CC1. The number of carbonyl (C=O) groups is 1. The molecule has 7 rings (SSSR count). The van der Waals surface area contributed by atoms with Gasteiger partial charge in [-0.15, -0.1) is 0 Å². The molecule has 3 aromatic heterocycles. The highest BCUT2D eigenvalue weighted by molar-refractivity contribution is 6.06. The highest BCUT2D eigenvalue weighted by atomic mass is 16.1. The molecule has 2 aromatic carbocycles. The van der Waals surface area contributed by atoms with E-state index in [0.29, 0.717) is 23.2 Å². The van der Waals surface area contributed by atoms with E-state index in [0.717, 1.165) is 85.1 Å². The Bertz CT molecular complexity index is 1740. The monoisotopic (exact) mass is 563 g/mol. The number of aromatic nitrogens is 5. The number of nitrogens with two attached hydrogens (primary N) is 1. The Labute approximate surface area is 245 Å². The average Bonchev–Trinajstić information content (AvgIpc) is 3.57. The Balaban J connectivity index is 1.11. The van der Waals surface area contributed by atoms with E-state index in [1.54, 1.807) is 0 Å². The molecule has 3 N–H and O–H groups in total. The fraction of sp³-hybridized carbons (Fsp3) is 0.375. The lowest BCUT2D eigenvalue weighted by molar-refractivity contribution is 0.0815. The normalized spacial score (nSPS) is 20.3. The van der Waals surface area contributed by atoms with Gasteiger partial charge < -0.3 is 20.5 Å². The van der Waals surface area contributed by atoms with Crippen LogP contribution in [0, 0.1) is 0 Å². The number of hydrogen-bond donors (Lipinski definition) is 2. The number of benzene rings is 2. The topological polar surface area (TPSA) is 110 Å². The summed E-state index contributed by atoms with van der Waals surface area (Å²) < 4.78 is 4.00. The third-order valence-electron chi connectivity index (χ3n) is 9.19. The molecule has 0 radical (unpaired) electrons. The van der Waals surface area contributed by atoms with Gasteiger partial charge in [0.25, 0.3) is 5.91 Å². The molecule has 2 aliphatic rings. The number of aryl methyl sites for hydroxylation is 1. The Kier molecular flexibility index (Phi) is 6.87. The van der Waals surface area contributed by atoms with Crippen LogP contribution in [0.25, 0.3) is 33.2 Å². The molecule has 1 saturated heterocycles. The van der Waals surface area contributed by atoms with E-state index in [-0.39, 0.29) is 11.9 Å². The van der Waals surface area contributed by atoms with Crippen molar-refractivity contribution in [2.45, 2.75) is 37.8 Å². The number of fused-ring (bicyclic) bond motifs is 2. The number of amides is 1. The number of nitrogens with zero attached hydrogens (tertiary/aromatic N) is 7. The van der Waals surface area contributed by atoms with Gasteiger partial charge in [-0.2, -0.15) is 5.10 Å². The Morgan fingerprint density at radius 1 is 0.905 bits per heavy atom. The lowest BCUT2D eigenvalue weighted by Crippen LogP contribution is -2.49. The minimum Gasteiger partial charge on any atom is -0.383 e. The summed E-state index contributed by atoms with van der Waals surface area (Å²) in [6, 6.07) is 18.6. The van der Waals surface area contributed by atoms with Gasteiger partial charge >= 0.3 is 0 Å². The predicted molar refractivity (Wildman–Crippen MR) is 166 cm³/mol. The predicted octanol–water partition coefficient (Wildman–Crippen LogP) is 4.55. The molecule has 1 amide bonds. The van der Waals surface area contributed by atoms with Crippen LogP contribution in [0.2, 0.25) is 0 Å². The molecule has 10 nitrogen and oxygen atoms in total. The molecule has 1 aliphatic carbocycles. The van der Waals surface area contributed by atoms with Crippen LogP contribution in [-0.4, -0.2) is 79.3 Å². The van der Waals surface area contributed by atoms with E-state index in [1.165, 1.54) is 6.33 Å². The van der Waals surface area contributed by atoms with E-state index < -0.39 is 0 Å². The first-order chi connectivity index (χ1) is 20.5. The molecule has 0 spiro atoms. The van der Waals surface area contributed by atoms with Gasteiger partial charge in [-0.3, -0.25) is 9.69 Å². The molecule has 10 heteroatoms. The van der Waals surface area contributed by atoms with E-state index in [4.69, 9.17) is 10.8 Å². The largest absolute Gasteiger partial charge is 0.383 e. The van der Waals surface area contributed by atoms with Gasteiger partial charge in [0.05, 0.1) is 11.4 Å². The molecule has 0 atom stereocenters. The van der Waals surface area contributed by atoms with Gasteiger partial charge in [-0.05, 0) is 57.0 Å². The number of hydrogen-bond acceptors (Lipinski definition) is 7. The number of rotatable bonds is 5. The lowest BCUT2D eigenvalue weighted by atomic mass is 9.90. The van der Waals surface area contributed by atoms with E-state index in [9.17, 15) is 4.79 Å². The van der Waals surface area contributed by atoms with Crippen LogP contribution in [0.3, 0.4) is 0 Å². The quantitative estimate of drug-likeness (QED) is 0.323. The second-order valence-electron chi connectivity index (χ2n) is 11.7. The number of nitrogen functional groups attached to an aromatic ring is 1. The average molecular weight is 564 g/mol. The Morgan fingerprint density at radius 2 is 1.62 bits per heavy atom. The molecule has 0 bridgehead atoms. The summed E-state index contributed by atoms with van der Waals surface area (Å²) in [5.74, 6) is 0.279. The van der Waals surface area contributed by atoms with Crippen LogP contribution < -0.4 is 11.1 Å². The molecular weight excluding hydrogens is 526 g/mol. The molecule has 0 unspecified atom stereocenters. The number of likely N-dealkylation sites (N-methyl/N-ethyl adjacent to an activating group) is 1. The first kappa shape index (κ1) is 26.6. The fourth-order valence-corrected chi connectivity index (χ4v) is 6.72.